The third-order valence-electron chi connectivity index (χ3n) is 2.66. The summed E-state index contributed by atoms with van der Waals surface area (Å²) < 4.78 is 0. The van der Waals surface area contributed by atoms with Crippen LogP contribution in [-0.4, -0.2) is 15.9 Å². The lowest BCUT2D eigenvalue weighted by Gasteiger charge is -2.11. The van der Waals surface area contributed by atoms with Crippen LogP contribution in [0.15, 0.2) is 18.3 Å². The molecular formula is C10H13N3O2. The molecule has 5 nitrogen and oxygen atoms in total. The number of aromatic nitrogens is 1. The van der Waals surface area contributed by atoms with E-state index in [9.17, 15) is 10.1 Å². The van der Waals surface area contributed by atoms with Gasteiger partial charge in [0.05, 0.1) is 5.69 Å². The summed E-state index contributed by atoms with van der Waals surface area (Å²) in [6.07, 6.45) is 6.40. The van der Waals surface area contributed by atoms with Gasteiger partial charge in [-0.2, -0.15) is 0 Å². The van der Waals surface area contributed by atoms with Gasteiger partial charge >= 0.3 is 5.82 Å². The zero-order valence-corrected chi connectivity index (χ0v) is 8.35. The quantitative estimate of drug-likeness (QED) is 0.610. The van der Waals surface area contributed by atoms with Gasteiger partial charge in [0, 0.05) is 12.1 Å². The molecule has 0 saturated heterocycles. The topological polar surface area (TPSA) is 68.1 Å². The first-order valence-corrected chi connectivity index (χ1v) is 5.13. The molecule has 0 amide bonds. The van der Waals surface area contributed by atoms with E-state index >= 15 is 0 Å². The Labute approximate surface area is 87.7 Å². The summed E-state index contributed by atoms with van der Waals surface area (Å²) in [6.45, 7) is 0. The molecule has 0 aromatic carbocycles. The van der Waals surface area contributed by atoms with Gasteiger partial charge in [0.1, 0.15) is 0 Å². The zero-order chi connectivity index (χ0) is 10.7. The molecule has 1 saturated carbocycles. The lowest BCUT2D eigenvalue weighted by atomic mass is 10.2. The van der Waals surface area contributed by atoms with Gasteiger partial charge in [-0.25, -0.2) is 0 Å². The van der Waals surface area contributed by atoms with Gasteiger partial charge in [-0.1, -0.05) is 12.8 Å². The lowest BCUT2D eigenvalue weighted by molar-refractivity contribution is -0.389. The largest absolute Gasteiger partial charge is 0.379 e. The van der Waals surface area contributed by atoms with Gasteiger partial charge < -0.3 is 15.4 Å². The molecule has 1 aliphatic carbocycles. The van der Waals surface area contributed by atoms with E-state index in [0.29, 0.717) is 6.04 Å². The van der Waals surface area contributed by atoms with E-state index < -0.39 is 4.92 Å². The maximum absolute atomic E-state index is 10.4. The minimum Gasteiger partial charge on any atom is -0.379 e. The molecule has 1 fully saturated rings. The minimum atomic E-state index is -0.487. The fourth-order valence-electron chi connectivity index (χ4n) is 1.89. The monoisotopic (exact) mass is 207 g/mol. The predicted molar refractivity (Wildman–Crippen MR) is 56.8 cm³/mol. The summed E-state index contributed by atoms with van der Waals surface area (Å²) in [5.41, 5.74) is 0.868. The maximum Gasteiger partial charge on any atom is 0.363 e. The van der Waals surface area contributed by atoms with Crippen LogP contribution in [0.25, 0.3) is 0 Å². The Balaban J connectivity index is 2.00. The summed E-state index contributed by atoms with van der Waals surface area (Å²) >= 11 is 0. The van der Waals surface area contributed by atoms with Crippen molar-refractivity contribution in [3.63, 3.8) is 0 Å². The van der Waals surface area contributed by atoms with Crippen molar-refractivity contribution in [2.45, 2.75) is 31.7 Å². The highest BCUT2D eigenvalue weighted by molar-refractivity contribution is 5.44. The van der Waals surface area contributed by atoms with Crippen LogP contribution in [-0.2, 0) is 0 Å². The van der Waals surface area contributed by atoms with Crippen molar-refractivity contribution in [3.8, 4) is 0 Å². The highest BCUT2D eigenvalue weighted by Crippen LogP contribution is 2.22. The first-order valence-electron chi connectivity index (χ1n) is 5.13. The van der Waals surface area contributed by atoms with Crippen molar-refractivity contribution in [3.05, 3.63) is 28.4 Å². The fraction of sp³-hybridized carbons (Fsp3) is 0.500. The molecule has 0 aliphatic heterocycles. The van der Waals surface area contributed by atoms with E-state index in [1.54, 1.807) is 6.07 Å². The van der Waals surface area contributed by atoms with Crippen molar-refractivity contribution in [1.82, 2.24) is 4.98 Å². The molecule has 1 heterocycles. The smallest absolute Gasteiger partial charge is 0.363 e. The Morgan fingerprint density at radius 3 is 2.67 bits per heavy atom. The SMILES string of the molecule is O=[N+]([O-])c1ccc(NC2CCCC2)cn1. The molecular weight excluding hydrogens is 194 g/mol. The summed E-state index contributed by atoms with van der Waals surface area (Å²) in [4.78, 5) is 13.7. The third kappa shape index (κ3) is 2.43. The molecule has 0 radical (unpaired) electrons. The molecule has 1 aromatic heterocycles. The molecule has 15 heavy (non-hydrogen) atoms. The first-order chi connectivity index (χ1) is 7.25. The molecule has 2 rings (SSSR count). The number of anilines is 1. The lowest BCUT2D eigenvalue weighted by Crippen LogP contribution is -2.14. The summed E-state index contributed by atoms with van der Waals surface area (Å²) in [5.74, 6) is -0.105. The second-order valence-electron chi connectivity index (χ2n) is 3.79. The standard InChI is InChI=1S/C10H13N3O2/c14-13(15)10-6-5-9(7-11-10)12-8-3-1-2-4-8/h5-8,12H,1-4H2. The van der Waals surface area contributed by atoms with Crippen molar-refractivity contribution in [2.75, 3.05) is 5.32 Å². The van der Waals surface area contributed by atoms with Crippen LogP contribution in [0.4, 0.5) is 11.5 Å². The normalized spacial score (nSPS) is 16.5. The van der Waals surface area contributed by atoms with Crippen LogP contribution < -0.4 is 5.32 Å². The highest BCUT2D eigenvalue weighted by Gasteiger charge is 2.15. The first kappa shape index (κ1) is 9.89. The maximum atomic E-state index is 10.4. The van der Waals surface area contributed by atoms with E-state index in [1.165, 1.54) is 37.9 Å². The van der Waals surface area contributed by atoms with Crippen molar-refractivity contribution in [1.29, 1.82) is 0 Å². The van der Waals surface area contributed by atoms with Crippen molar-refractivity contribution in [2.24, 2.45) is 0 Å². The number of hydrogen-bond donors (Lipinski definition) is 1. The second-order valence-corrected chi connectivity index (χ2v) is 3.79. The van der Waals surface area contributed by atoms with Crippen LogP contribution >= 0.6 is 0 Å². The number of nitrogens with zero attached hydrogens (tertiary/aromatic N) is 2. The van der Waals surface area contributed by atoms with Gasteiger partial charge in [-0.15, -0.1) is 0 Å². The number of nitro groups is 1. The van der Waals surface area contributed by atoms with Gasteiger partial charge in [0.25, 0.3) is 0 Å². The van der Waals surface area contributed by atoms with Gasteiger partial charge in [0.15, 0.2) is 6.20 Å². The van der Waals surface area contributed by atoms with Gasteiger partial charge in [-0.05, 0) is 28.8 Å². The molecule has 80 valence electrons. The average Bonchev–Trinajstić information content (AvgIpc) is 2.71. The number of rotatable bonds is 3. The van der Waals surface area contributed by atoms with E-state index in [0.717, 1.165) is 5.69 Å². The Morgan fingerprint density at radius 1 is 1.40 bits per heavy atom. The van der Waals surface area contributed by atoms with E-state index in [-0.39, 0.29) is 5.82 Å². The molecule has 0 bridgehead atoms. The zero-order valence-electron chi connectivity index (χ0n) is 8.35. The van der Waals surface area contributed by atoms with Crippen molar-refractivity contribution >= 4 is 11.5 Å². The third-order valence-corrected chi connectivity index (χ3v) is 2.66. The van der Waals surface area contributed by atoms with Crippen LogP contribution in [0.5, 0.6) is 0 Å². The molecule has 1 aliphatic rings. The number of hydrogen-bond acceptors (Lipinski definition) is 4. The Morgan fingerprint density at radius 2 is 2.13 bits per heavy atom. The molecule has 0 atom stereocenters. The molecule has 5 heteroatoms. The minimum absolute atomic E-state index is 0.105. The number of nitrogens with one attached hydrogen (secondary N) is 1. The van der Waals surface area contributed by atoms with Crippen molar-refractivity contribution < 1.29 is 4.92 Å². The van der Waals surface area contributed by atoms with Gasteiger partial charge in [-0.3, -0.25) is 0 Å². The Kier molecular flexibility index (Phi) is 2.80. The van der Waals surface area contributed by atoms with E-state index in [4.69, 9.17) is 0 Å². The molecule has 1 aromatic rings. The fourth-order valence-corrected chi connectivity index (χ4v) is 1.89. The molecule has 1 N–H and O–H groups in total. The molecule has 0 unspecified atom stereocenters. The Hall–Kier alpha value is -1.65. The Bertz CT molecular complexity index is 344. The number of pyridine rings is 1. The second kappa shape index (κ2) is 4.25. The summed E-state index contributed by atoms with van der Waals surface area (Å²) in [5, 5.41) is 13.7. The summed E-state index contributed by atoms with van der Waals surface area (Å²) in [7, 11) is 0. The van der Waals surface area contributed by atoms with Gasteiger partial charge in [0.2, 0.25) is 0 Å². The van der Waals surface area contributed by atoms with Crippen LogP contribution in [0, 0.1) is 10.1 Å². The average molecular weight is 207 g/mol. The molecule has 0 spiro atoms. The highest BCUT2D eigenvalue weighted by atomic mass is 16.6. The van der Waals surface area contributed by atoms with E-state index in [2.05, 4.69) is 10.3 Å². The summed E-state index contributed by atoms with van der Waals surface area (Å²) in [6, 6.07) is 3.65. The van der Waals surface area contributed by atoms with Crippen LogP contribution in [0.3, 0.4) is 0 Å². The van der Waals surface area contributed by atoms with Crippen LogP contribution in [0.1, 0.15) is 25.7 Å². The predicted octanol–water partition coefficient (Wildman–Crippen LogP) is 2.34. The van der Waals surface area contributed by atoms with E-state index in [1.807, 2.05) is 0 Å². The van der Waals surface area contributed by atoms with Crippen LogP contribution in [0.2, 0.25) is 0 Å².